The minimum Gasteiger partial charge on any atom is -0.445 e. The molecule has 0 aliphatic heterocycles. The number of nitrogens with one attached hydrogen (secondary N) is 2. The SMILES string of the molecule is CC(C)[C@H](NC(=O)OCc1ccccc1)C(=O)Nc1ccc(Br)cc1. The number of alkyl carbamates (subject to hydrolysis) is 1. The second kappa shape index (κ2) is 9.22. The molecule has 2 rings (SSSR count). The average molecular weight is 405 g/mol. The maximum absolute atomic E-state index is 12.5. The zero-order valence-electron chi connectivity index (χ0n) is 14.2. The van der Waals surface area contributed by atoms with E-state index in [0.29, 0.717) is 5.69 Å². The molecule has 0 spiro atoms. The summed E-state index contributed by atoms with van der Waals surface area (Å²) in [4.78, 5) is 24.5. The van der Waals surface area contributed by atoms with Gasteiger partial charge in [0.05, 0.1) is 0 Å². The lowest BCUT2D eigenvalue weighted by atomic mass is 10.0. The largest absolute Gasteiger partial charge is 0.445 e. The van der Waals surface area contributed by atoms with Crippen LogP contribution in [0.3, 0.4) is 0 Å². The van der Waals surface area contributed by atoms with Crippen molar-refractivity contribution in [2.24, 2.45) is 5.92 Å². The molecular formula is C19H21BrN2O3. The van der Waals surface area contributed by atoms with Gasteiger partial charge in [-0.05, 0) is 35.7 Å². The molecule has 0 bridgehead atoms. The lowest BCUT2D eigenvalue weighted by molar-refractivity contribution is -0.119. The van der Waals surface area contributed by atoms with Gasteiger partial charge in [0.2, 0.25) is 5.91 Å². The number of carbonyl (C=O) groups is 2. The number of anilines is 1. The fourth-order valence-electron chi connectivity index (χ4n) is 2.18. The number of hydrogen-bond donors (Lipinski definition) is 2. The first-order valence-electron chi connectivity index (χ1n) is 7.99. The maximum Gasteiger partial charge on any atom is 0.408 e. The van der Waals surface area contributed by atoms with Crippen LogP contribution in [0.1, 0.15) is 19.4 Å². The molecule has 2 aromatic rings. The molecular weight excluding hydrogens is 384 g/mol. The van der Waals surface area contributed by atoms with Crippen molar-refractivity contribution in [3.05, 3.63) is 64.6 Å². The first kappa shape index (κ1) is 19.0. The molecule has 6 heteroatoms. The Labute approximate surface area is 155 Å². The van der Waals surface area contributed by atoms with Gasteiger partial charge in [0.25, 0.3) is 0 Å². The summed E-state index contributed by atoms with van der Waals surface area (Å²) >= 11 is 3.35. The summed E-state index contributed by atoms with van der Waals surface area (Å²) in [6.07, 6.45) is -0.617. The van der Waals surface area contributed by atoms with E-state index in [4.69, 9.17) is 4.74 Å². The van der Waals surface area contributed by atoms with E-state index in [1.165, 1.54) is 0 Å². The van der Waals surface area contributed by atoms with Crippen molar-refractivity contribution in [1.29, 1.82) is 0 Å². The maximum atomic E-state index is 12.5. The van der Waals surface area contributed by atoms with Crippen LogP contribution in [0.2, 0.25) is 0 Å². The minimum atomic E-state index is -0.688. The van der Waals surface area contributed by atoms with Crippen molar-refractivity contribution in [3.8, 4) is 0 Å². The number of carbonyl (C=O) groups excluding carboxylic acids is 2. The molecule has 0 radical (unpaired) electrons. The molecule has 0 fully saturated rings. The second-order valence-electron chi connectivity index (χ2n) is 5.92. The van der Waals surface area contributed by atoms with Gasteiger partial charge < -0.3 is 15.4 Å². The van der Waals surface area contributed by atoms with Crippen LogP contribution >= 0.6 is 15.9 Å². The number of halogens is 1. The number of amides is 2. The summed E-state index contributed by atoms with van der Waals surface area (Å²) in [7, 11) is 0. The van der Waals surface area contributed by atoms with E-state index in [2.05, 4.69) is 26.6 Å². The third-order valence-electron chi connectivity index (χ3n) is 3.55. The Morgan fingerprint density at radius 1 is 1.04 bits per heavy atom. The third-order valence-corrected chi connectivity index (χ3v) is 4.08. The summed E-state index contributed by atoms with van der Waals surface area (Å²) < 4.78 is 6.11. The highest BCUT2D eigenvalue weighted by molar-refractivity contribution is 9.10. The Hall–Kier alpha value is -2.34. The minimum absolute atomic E-state index is 0.0836. The molecule has 2 aromatic carbocycles. The smallest absolute Gasteiger partial charge is 0.408 e. The van der Waals surface area contributed by atoms with E-state index in [0.717, 1.165) is 10.0 Å². The quantitative estimate of drug-likeness (QED) is 0.752. The van der Waals surface area contributed by atoms with Crippen LogP contribution in [0.15, 0.2) is 59.1 Å². The average Bonchev–Trinajstić information content (AvgIpc) is 2.60. The topological polar surface area (TPSA) is 67.4 Å². The van der Waals surface area contributed by atoms with Crippen molar-refractivity contribution in [2.75, 3.05) is 5.32 Å². The zero-order valence-corrected chi connectivity index (χ0v) is 15.7. The Morgan fingerprint density at radius 2 is 1.68 bits per heavy atom. The van der Waals surface area contributed by atoms with Crippen LogP contribution < -0.4 is 10.6 Å². The summed E-state index contributed by atoms with van der Waals surface area (Å²) in [5.41, 5.74) is 1.55. The van der Waals surface area contributed by atoms with E-state index >= 15 is 0 Å². The molecule has 0 aliphatic rings. The summed E-state index contributed by atoms with van der Waals surface area (Å²) in [6.45, 7) is 3.89. The summed E-state index contributed by atoms with van der Waals surface area (Å²) in [6, 6.07) is 15.9. The van der Waals surface area contributed by atoms with Crippen molar-refractivity contribution >= 4 is 33.6 Å². The summed E-state index contributed by atoms with van der Waals surface area (Å²) in [5.74, 6) is -0.367. The number of rotatable bonds is 6. The van der Waals surface area contributed by atoms with Gasteiger partial charge in [-0.2, -0.15) is 0 Å². The molecule has 1 atom stereocenters. The van der Waals surface area contributed by atoms with E-state index in [-0.39, 0.29) is 18.4 Å². The summed E-state index contributed by atoms with van der Waals surface area (Å²) in [5, 5.41) is 5.44. The van der Waals surface area contributed by atoms with Gasteiger partial charge in [-0.1, -0.05) is 60.1 Å². The Morgan fingerprint density at radius 3 is 2.28 bits per heavy atom. The van der Waals surface area contributed by atoms with Crippen molar-refractivity contribution in [1.82, 2.24) is 5.32 Å². The van der Waals surface area contributed by atoms with Crippen molar-refractivity contribution < 1.29 is 14.3 Å². The molecule has 0 heterocycles. The van der Waals surface area contributed by atoms with Gasteiger partial charge in [0.1, 0.15) is 12.6 Å². The van der Waals surface area contributed by atoms with Gasteiger partial charge in [0.15, 0.2) is 0 Å². The van der Waals surface area contributed by atoms with Crippen molar-refractivity contribution in [2.45, 2.75) is 26.5 Å². The fourth-order valence-corrected chi connectivity index (χ4v) is 2.44. The highest BCUT2D eigenvalue weighted by Gasteiger charge is 2.25. The van der Waals surface area contributed by atoms with Gasteiger partial charge in [-0.25, -0.2) is 4.79 Å². The molecule has 2 N–H and O–H groups in total. The highest BCUT2D eigenvalue weighted by Crippen LogP contribution is 2.15. The van der Waals surface area contributed by atoms with Crippen LogP contribution in [-0.2, 0) is 16.1 Å². The molecule has 2 amide bonds. The van der Waals surface area contributed by atoms with Crippen LogP contribution in [0.4, 0.5) is 10.5 Å². The van der Waals surface area contributed by atoms with Gasteiger partial charge >= 0.3 is 6.09 Å². The van der Waals surface area contributed by atoms with E-state index in [1.807, 2.05) is 56.3 Å². The Balaban J connectivity index is 1.91. The van der Waals surface area contributed by atoms with E-state index in [1.54, 1.807) is 12.1 Å². The molecule has 0 aromatic heterocycles. The van der Waals surface area contributed by atoms with Gasteiger partial charge in [0, 0.05) is 10.2 Å². The second-order valence-corrected chi connectivity index (χ2v) is 6.84. The van der Waals surface area contributed by atoms with Crippen molar-refractivity contribution in [3.63, 3.8) is 0 Å². The highest BCUT2D eigenvalue weighted by atomic mass is 79.9. The molecule has 25 heavy (non-hydrogen) atoms. The van der Waals surface area contributed by atoms with Crippen LogP contribution in [-0.4, -0.2) is 18.0 Å². The van der Waals surface area contributed by atoms with Crippen LogP contribution in [0.25, 0.3) is 0 Å². The first-order valence-corrected chi connectivity index (χ1v) is 8.78. The molecule has 0 saturated carbocycles. The predicted octanol–water partition coefficient (Wildman–Crippen LogP) is 4.34. The Bertz CT molecular complexity index is 702. The lowest BCUT2D eigenvalue weighted by Crippen LogP contribution is -2.47. The molecule has 132 valence electrons. The molecule has 0 saturated heterocycles. The number of benzene rings is 2. The first-order chi connectivity index (χ1) is 12.0. The Kier molecular flexibility index (Phi) is 7.01. The van der Waals surface area contributed by atoms with Gasteiger partial charge in [-0.3, -0.25) is 4.79 Å². The van der Waals surface area contributed by atoms with Crippen LogP contribution in [0, 0.1) is 5.92 Å². The van der Waals surface area contributed by atoms with Gasteiger partial charge in [-0.15, -0.1) is 0 Å². The normalized spacial score (nSPS) is 11.7. The van der Waals surface area contributed by atoms with Crippen LogP contribution in [0.5, 0.6) is 0 Å². The predicted molar refractivity (Wildman–Crippen MR) is 101 cm³/mol. The monoisotopic (exact) mass is 404 g/mol. The third kappa shape index (κ3) is 6.23. The molecule has 0 unspecified atom stereocenters. The fraction of sp³-hybridized carbons (Fsp3) is 0.263. The lowest BCUT2D eigenvalue weighted by Gasteiger charge is -2.21. The zero-order chi connectivity index (χ0) is 18.2. The van der Waals surface area contributed by atoms with E-state index in [9.17, 15) is 9.59 Å². The standard InChI is InChI=1S/C19H21BrN2O3/c1-13(2)17(18(23)21-16-10-8-15(20)9-11-16)22-19(24)25-12-14-6-4-3-5-7-14/h3-11,13,17H,12H2,1-2H3,(H,21,23)(H,22,24)/t17-/m0/s1. The molecule has 5 nitrogen and oxygen atoms in total. The number of hydrogen-bond acceptors (Lipinski definition) is 3. The molecule has 0 aliphatic carbocycles. The number of ether oxygens (including phenoxy) is 1. The van der Waals surface area contributed by atoms with E-state index < -0.39 is 12.1 Å².